The van der Waals surface area contributed by atoms with E-state index in [-0.39, 0.29) is 4.90 Å². The quantitative estimate of drug-likeness (QED) is 0.339. The molecule has 2 N–H and O–H groups in total. The van der Waals surface area contributed by atoms with E-state index < -0.39 is 10.0 Å². The van der Waals surface area contributed by atoms with Crippen LogP contribution in [0.2, 0.25) is 0 Å². The van der Waals surface area contributed by atoms with Crippen molar-refractivity contribution in [3.05, 3.63) is 29.8 Å². The maximum atomic E-state index is 11.2. The first-order valence-electron chi connectivity index (χ1n) is 10.7. The molecule has 0 atom stereocenters. The fraction of sp³-hybridized carbons (Fsp3) is 0.727. The zero-order valence-electron chi connectivity index (χ0n) is 16.7. The minimum absolute atomic E-state index is 0.196. The van der Waals surface area contributed by atoms with Crippen LogP contribution < -0.4 is 5.14 Å². The van der Waals surface area contributed by atoms with Crippen molar-refractivity contribution >= 4 is 10.0 Å². The highest BCUT2D eigenvalue weighted by Gasteiger charge is 2.06. The average Bonchev–Trinajstić information content (AvgIpc) is 2.61. The third kappa shape index (κ3) is 11.7. The van der Waals surface area contributed by atoms with Crippen molar-refractivity contribution in [3.8, 4) is 0 Å². The number of hydrogen-bond donors (Lipinski definition) is 1. The van der Waals surface area contributed by atoms with Crippen LogP contribution in [0.4, 0.5) is 0 Å². The number of unbranched alkanes of at least 4 members (excludes halogenated alkanes) is 13. The van der Waals surface area contributed by atoms with Gasteiger partial charge in [0.05, 0.1) is 4.90 Å². The van der Waals surface area contributed by atoms with Crippen LogP contribution in [0.25, 0.3) is 0 Å². The Morgan fingerprint density at radius 1 is 0.654 bits per heavy atom. The van der Waals surface area contributed by atoms with Gasteiger partial charge in [-0.15, -0.1) is 0 Å². The number of hydrogen-bond acceptors (Lipinski definition) is 2. The first-order valence-corrected chi connectivity index (χ1v) is 12.2. The highest BCUT2D eigenvalue weighted by atomic mass is 32.2. The zero-order valence-corrected chi connectivity index (χ0v) is 17.5. The zero-order chi connectivity index (χ0) is 19.1. The van der Waals surface area contributed by atoms with Gasteiger partial charge in [0.15, 0.2) is 0 Å². The topological polar surface area (TPSA) is 60.2 Å². The van der Waals surface area contributed by atoms with Gasteiger partial charge in [-0.1, -0.05) is 103 Å². The molecule has 0 amide bonds. The summed E-state index contributed by atoms with van der Waals surface area (Å²) in [5, 5.41) is 5.11. The summed E-state index contributed by atoms with van der Waals surface area (Å²) >= 11 is 0. The summed E-state index contributed by atoms with van der Waals surface area (Å²) in [6.07, 6.45) is 20.1. The van der Waals surface area contributed by atoms with Gasteiger partial charge in [0.2, 0.25) is 10.0 Å². The Hall–Kier alpha value is -0.870. The molecule has 0 aromatic heterocycles. The van der Waals surface area contributed by atoms with Crippen LogP contribution in [0.15, 0.2) is 29.2 Å². The molecule has 0 aliphatic rings. The molecule has 150 valence electrons. The molecule has 0 bridgehead atoms. The molecule has 1 rings (SSSR count). The van der Waals surface area contributed by atoms with Gasteiger partial charge >= 0.3 is 0 Å². The molecule has 26 heavy (non-hydrogen) atoms. The van der Waals surface area contributed by atoms with Crippen molar-refractivity contribution in [2.45, 2.75) is 108 Å². The Morgan fingerprint density at radius 2 is 1.04 bits per heavy atom. The number of benzene rings is 1. The van der Waals surface area contributed by atoms with Gasteiger partial charge in [-0.2, -0.15) is 0 Å². The molecule has 0 aliphatic carbocycles. The standard InChI is InChI=1S/C22H39NO2S/c1-2-3-4-5-6-7-8-9-10-11-12-13-14-15-16-21-17-19-22(20-18-21)26(23,24)25/h17-20H,2-16H2,1H3,(H2,23,24,25). The Labute approximate surface area is 161 Å². The lowest BCUT2D eigenvalue weighted by atomic mass is 10.0. The number of rotatable bonds is 16. The van der Waals surface area contributed by atoms with Crippen molar-refractivity contribution in [2.75, 3.05) is 0 Å². The molecule has 0 aliphatic heterocycles. The largest absolute Gasteiger partial charge is 0.238 e. The molecule has 3 nitrogen and oxygen atoms in total. The number of primary sulfonamides is 1. The van der Waals surface area contributed by atoms with Gasteiger partial charge < -0.3 is 0 Å². The molecule has 0 spiro atoms. The van der Waals surface area contributed by atoms with Crippen molar-refractivity contribution in [2.24, 2.45) is 5.14 Å². The monoisotopic (exact) mass is 381 g/mol. The van der Waals surface area contributed by atoms with Gasteiger partial charge in [0, 0.05) is 0 Å². The molecule has 4 heteroatoms. The van der Waals surface area contributed by atoms with Crippen LogP contribution in [0, 0.1) is 0 Å². The summed E-state index contributed by atoms with van der Waals surface area (Å²) in [5.74, 6) is 0. The SMILES string of the molecule is CCCCCCCCCCCCCCCCc1ccc(S(N)(=O)=O)cc1. The van der Waals surface area contributed by atoms with E-state index in [1.54, 1.807) is 12.1 Å². The smallest absolute Gasteiger partial charge is 0.225 e. The normalized spacial score (nSPS) is 11.8. The first-order chi connectivity index (χ1) is 12.5. The summed E-state index contributed by atoms with van der Waals surface area (Å²) < 4.78 is 22.4. The third-order valence-electron chi connectivity index (χ3n) is 5.07. The lowest BCUT2D eigenvalue weighted by Crippen LogP contribution is -2.11. The fourth-order valence-corrected chi connectivity index (χ4v) is 3.88. The molecule has 1 aromatic rings. The molecule has 0 saturated heterocycles. The second kappa shape index (κ2) is 14.2. The van der Waals surface area contributed by atoms with E-state index in [4.69, 9.17) is 5.14 Å². The predicted molar refractivity (Wildman–Crippen MR) is 112 cm³/mol. The Kier molecular flexibility index (Phi) is 12.7. The van der Waals surface area contributed by atoms with Crippen LogP contribution in [0.5, 0.6) is 0 Å². The van der Waals surface area contributed by atoms with Crippen molar-refractivity contribution in [1.29, 1.82) is 0 Å². The summed E-state index contributed by atoms with van der Waals surface area (Å²) in [4.78, 5) is 0.196. The van der Waals surface area contributed by atoms with E-state index in [0.717, 1.165) is 6.42 Å². The van der Waals surface area contributed by atoms with Crippen LogP contribution in [-0.4, -0.2) is 8.42 Å². The van der Waals surface area contributed by atoms with E-state index in [1.165, 1.54) is 95.5 Å². The second-order valence-electron chi connectivity index (χ2n) is 7.54. The highest BCUT2D eigenvalue weighted by Crippen LogP contribution is 2.15. The van der Waals surface area contributed by atoms with Crippen LogP contribution in [0.3, 0.4) is 0 Å². The summed E-state index contributed by atoms with van der Waals surface area (Å²) in [7, 11) is -3.57. The van der Waals surface area contributed by atoms with Crippen LogP contribution in [-0.2, 0) is 16.4 Å². The van der Waals surface area contributed by atoms with E-state index in [0.29, 0.717) is 0 Å². The number of sulfonamides is 1. The van der Waals surface area contributed by atoms with Crippen molar-refractivity contribution < 1.29 is 8.42 Å². The second-order valence-corrected chi connectivity index (χ2v) is 9.10. The van der Waals surface area contributed by atoms with E-state index in [2.05, 4.69) is 6.92 Å². The molecule has 0 radical (unpaired) electrons. The first kappa shape index (κ1) is 23.2. The van der Waals surface area contributed by atoms with Gasteiger partial charge in [0.25, 0.3) is 0 Å². The molecule has 0 heterocycles. The predicted octanol–water partition coefficient (Wildman–Crippen LogP) is 6.36. The lowest BCUT2D eigenvalue weighted by Gasteiger charge is -2.04. The third-order valence-corrected chi connectivity index (χ3v) is 6.00. The molecule has 1 aromatic carbocycles. The Bertz CT molecular complexity index is 552. The minimum atomic E-state index is -3.57. The molecular formula is C22H39NO2S. The number of aryl methyl sites for hydroxylation is 1. The maximum Gasteiger partial charge on any atom is 0.238 e. The average molecular weight is 382 g/mol. The van der Waals surface area contributed by atoms with E-state index in [1.807, 2.05) is 12.1 Å². The van der Waals surface area contributed by atoms with Crippen molar-refractivity contribution in [3.63, 3.8) is 0 Å². The lowest BCUT2D eigenvalue weighted by molar-refractivity contribution is 0.535. The van der Waals surface area contributed by atoms with Gasteiger partial charge in [0.1, 0.15) is 0 Å². The summed E-state index contributed by atoms with van der Waals surface area (Å²) in [6.45, 7) is 2.27. The van der Waals surface area contributed by atoms with Gasteiger partial charge in [-0.3, -0.25) is 0 Å². The van der Waals surface area contributed by atoms with Crippen LogP contribution in [0.1, 0.15) is 102 Å². The maximum absolute atomic E-state index is 11.2. The summed E-state index contributed by atoms with van der Waals surface area (Å²) in [5.41, 5.74) is 1.19. The minimum Gasteiger partial charge on any atom is -0.225 e. The van der Waals surface area contributed by atoms with E-state index in [9.17, 15) is 8.42 Å². The Morgan fingerprint density at radius 3 is 1.42 bits per heavy atom. The fourth-order valence-electron chi connectivity index (χ4n) is 3.37. The molecule has 0 unspecified atom stereocenters. The van der Waals surface area contributed by atoms with Crippen LogP contribution >= 0.6 is 0 Å². The number of nitrogens with two attached hydrogens (primary N) is 1. The Balaban J connectivity index is 1.90. The van der Waals surface area contributed by atoms with Gasteiger partial charge in [-0.05, 0) is 30.5 Å². The van der Waals surface area contributed by atoms with Gasteiger partial charge in [-0.25, -0.2) is 13.6 Å². The molecular weight excluding hydrogens is 342 g/mol. The molecule has 0 fully saturated rings. The molecule has 0 saturated carbocycles. The highest BCUT2D eigenvalue weighted by molar-refractivity contribution is 7.89. The van der Waals surface area contributed by atoms with E-state index >= 15 is 0 Å². The van der Waals surface area contributed by atoms with Crippen molar-refractivity contribution in [1.82, 2.24) is 0 Å². The summed E-state index contributed by atoms with van der Waals surface area (Å²) in [6, 6.07) is 6.97.